The van der Waals surface area contributed by atoms with Crippen LogP contribution >= 0.6 is 11.6 Å². The van der Waals surface area contributed by atoms with Crippen LogP contribution in [0.5, 0.6) is 0 Å². The van der Waals surface area contributed by atoms with Crippen LogP contribution < -0.4 is 5.32 Å². The summed E-state index contributed by atoms with van der Waals surface area (Å²) in [6.07, 6.45) is 0. The molecule has 0 heterocycles. The molecule has 3 nitrogen and oxygen atoms in total. The molecule has 0 aliphatic rings. The highest BCUT2D eigenvalue weighted by Gasteiger charge is 2.08. The SMILES string of the molecule is C=C(Cl)C(=O)Nc1ccc(F)cc1C#N. The number of carbonyl (C=O) groups excluding carboxylic acids is 1. The highest BCUT2D eigenvalue weighted by Crippen LogP contribution is 2.16. The van der Waals surface area contributed by atoms with Gasteiger partial charge in [0.1, 0.15) is 11.9 Å². The minimum Gasteiger partial charge on any atom is -0.320 e. The Morgan fingerprint density at radius 1 is 1.60 bits per heavy atom. The lowest BCUT2D eigenvalue weighted by Gasteiger charge is -2.05. The zero-order valence-electron chi connectivity index (χ0n) is 7.55. The van der Waals surface area contributed by atoms with E-state index in [-0.39, 0.29) is 16.3 Å². The van der Waals surface area contributed by atoms with Crippen molar-refractivity contribution >= 4 is 23.2 Å². The summed E-state index contributed by atoms with van der Waals surface area (Å²) in [5, 5.41) is 10.8. The van der Waals surface area contributed by atoms with Crippen LogP contribution in [0.25, 0.3) is 0 Å². The van der Waals surface area contributed by atoms with Crippen molar-refractivity contribution in [3.05, 3.63) is 41.2 Å². The molecule has 0 unspecified atom stereocenters. The molecule has 0 aromatic heterocycles. The number of nitriles is 1. The molecular formula is C10H6ClFN2O. The fraction of sp³-hybridized carbons (Fsp3) is 0. The number of nitrogens with zero attached hydrogens (tertiary/aromatic N) is 1. The van der Waals surface area contributed by atoms with Gasteiger partial charge in [0, 0.05) is 0 Å². The predicted octanol–water partition coefficient (Wildman–Crippen LogP) is 2.39. The predicted molar refractivity (Wildman–Crippen MR) is 54.7 cm³/mol. The molecule has 76 valence electrons. The van der Waals surface area contributed by atoms with Crippen LogP contribution in [0.4, 0.5) is 10.1 Å². The molecule has 0 atom stereocenters. The Morgan fingerprint density at radius 2 is 2.27 bits per heavy atom. The largest absolute Gasteiger partial charge is 0.320 e. The van der Waals surface area contributed by atoms with Crippen LogP contribution in [-0.4, -0.2) is 5.91 Å². The molecule has 0 saturated heterocycles. The second kappa shape index (κ2) is 4.58. The van der Waals surface area contributed by atoms with E-state index in [1.807, 2.05) is 0 Å². The van der Waals surface area contributed by atoms with Crippen molar-refractivity contribution in [3.8, 4) is 6.07 Å². The zero-order valence-corrected chi connectivity index (χ0v) is 8.31. The van der Waals surface area contributed by atoms with E-state index in [2.05, 4.69) is 11.9 Å². The van der Waals surface area contributed by atoms with Gasteiger partial charge in [0.15, 0.2) is 0 Å². The van der Waals surface area contributed by atoms with E-state index in [1.165, 1.54) is 6.07 Å². The summed E-state index contributed by atoms with van der Waals surface area (Å²) in [5.41, 5.74) is 0.229. The summed E-state index contributed by atoms with van der Waals surface area (Å²) < 4.78 is 12.7. The fourth-order valence-corrected chi connectivity index (χ4v) is 0.955. The van der Waals surface area contributed by atoms with Crippen molar-refractivity contribution in [1.82, 2.24) is 0 Å². The van der Waals surface area contributed by atoms with Crippen molar-refractivity contribution in [3.63, 3.8) is 0 Å². The monoisotopic (exact) mass is 224 g/mol. The van der Waals surface area contributed by atoms with Gasteiger partial charge in [0.2, 0.25) is 0 Å². The van der Waals surface area contributed by atoms with E-state index in [0.717, 1.165) is 12.1 Å². The number of nitrogens with one attached hydrogen (secondary N) is 1. The molecule has 5 heteroatoms. The van der Waals surface area contributed by atoms with Gasteiger partial charge in [-0.05, 0) is 18.2 Å². The normalized spacial score (nSPS) is 9.13. The van der Waals surface area contributed by atoms with Crippen LogP contribution in [-0.2, 0) is 4.79 Å². The number of benzene rings is 1. The lowest BCUT2D eigenvalue weighted by molar-refractivity contribution is -0.112. The second-order valence-electron chi connectivity index (χ2n) is 2.66. The van der Waals surface area contributed by atoms with E-state index < -0.39 is 11.7 Å². The van der Waals surface area contributed by atoms with Gasteiger partial charge in [-0.15, -0.1) is 0 Å². The molecule has 1 amide bonds. The van der Waals surface area contributed by atoms with Gasteiger partial charge in [-0.3, -0.25) is 4.79 Å². The standard InChI is InChI=1S/C10H6ClFN2O/c1-6(11)10(15)14-9-3-2-8(12)4-7(9)5-13/h2-4H,1H2,(H,14,15). The summed E-state index contributed by atoms with van der Waals surface area (Å²) in [7, 11) is 0. The number of carbonyl (C=O) groups is 1. The lowest BCUT2D eigenvalue weighted by Crippen LogP contribution is -2.11. The van der Waals surface area contributed by atoms with E-state index in [1.54, 1.807) is 6.07 Å². The van der Waals surface area contributed by atoms with E-state index in [9.17, 15) is 9.18 Å². The molecule has 0 fully saturated rings. The van der Waals surface area contributed by atoms with Gasteiger partial charge in [0.05, 0.1) is 16.3 Å². The summed E-state index contributed by atoms with van der Waals surface area (Å²) >= 11 is 5.34. The smallest absolute Gasteiger partial charge is 0.266 e. The van der Waals surface area contributed by atoms with Crippen molar-refractivity contribution in [2.24, 2.45) is 0 Å². The first-order valence-electron chi connectivity index (χ1n) is 3.90. The highest BCUT2D eigenvalue weighted by molar-refractivity contribution is 6.43. The van der Waals surface area contributed by atoms with Crippen LogP contribution in [0, 0.1) is 17.1 Å². The Labute approximate surface area is 90.8 Å². The van der Waals surface area contributed by atoms with Crippen LogP contribution in [0.3, 0.4) is 0 Å². The molecule has 0 aliphatic heterocycles. The first kappa shape index (κ1) is 11.2. The van der Waals surface area contributed by atoms with E-state index in [4.69, 9.17) is 16.9 Å². The number of amides is 1. The molecule has 0 aliphatic carbocycles. The number of anilines is 1. The fourth-order valence-electron chi connectivity index (χ4n) is 0.908. The van der Waals surface area contributed by atoms with Gasteiger partial charge >= 0.3 is 0 Å². The van der Waals surface area contributed by atoms with E-state index in [0.29, 0.717) is 0 Å². The molecular weight excluding hydrogens is 219 g/mol. The van der Waals surface area contributed by atoms with Gasteiger partial charge < -0.3 is 5.32 Å². The van der Waals surface area contributed by atoms with Crippen molar-refractivity contribution in [2.75, 3.05) is 5.32 Å². The minimum absolute atomic E-state index is 0.0290. The Balaban J connectivity index is 3.01. The van der Waals surface area contributed by atoms with Crippen LogP contribution in [0.15, 0.2) is 29.8 Å². The number of rotatable bonds is 2. The van der Waals surface area contributed by atoms with Crippen molar-refractivity contribution in [2.45, 2.75) is 0 Å². The van der Waals surface area contributed by atoms with Crippen molar-refractivity contribution < 1.29 is 9.18 Å². The molecule has 1 rings (SSSR count). The van der Waals surface area contributed by atoms with Crippen molar-refractivity contribution in [1.29, 1.82) is 5.26 Å². The maximum Gasteiger partial charge on any atom is 0.266 e. The summed E-state index contributed by atoms with van der Waals surface area (Å²) in [5.74, 6) is -1.17. The first-order valence-corrected chi connectivity index (χ1v) is 4.28. The Morgan fingerprint density at radius 3 is 2.80 bits per heavy atom. The molecule has 0 radical (unpaired) electrons. The molecule has 1 aromatic carbocycles. The molecule has 0 spiro atoms. The quantitative estimate of drug-likeness (QED) is 0.785. The Hall–Kier alpha value is -1.86. The average Bonchev–Trinajstić information content (AvgIpc) is 2.20. The third-order valence-corrected chi connectivity index (χ3v) is 1.77. The molecule has 0 bridgehead atoms. The van der Waals surface area contributed by atoms with Gasteiger partial charge in [-0.1, -0.05) is 18.2 Å². The van der Waals surface area contributed by atoms with Crippen LogP contribution in [0.2, 0.25) is 0 Å². The first-order chi connectivity index (χ1) is 7.04. The molecule has 1 N–H and O–H groups in total. The number of halogens is 2. The number of hydrogen-bond donors (Lipinski definition) is 1. The second-order valence-corrected chi connectivity index (χ2v) is 3.12. The average molecular weight is 225 g/mol. The van der Waals surface area contributed by atoms with Gasteiger partial charge in [0.25, 0.3) is 5.91 Å². The molecule has 1 aromatic rings. The summed E-state index contributed by atoms with van der Waals surface area (Å²) in [6, 6.07) is 5.19. The number of hydrogen-bond acceptors (Lipinski definition) is 2. The third-order valence-electron chi connectivity index (χ3n) is 1.60. The maximum atomic E-state index is 12.7. The van der Waals surface area contributed by atoms with E-state index >= 15 is 0 Å². The zero-order chi connectivity index (χ0) is 11.4. The highest BCUT2D eigenvalue weighted by atomic mass is 35.5. The Kier molecular flexibility index (Phi) is 3.42. The maximum absolute atomic E-state index is 12.7. The van der Waals surface area contributed by atoms with Crippen LogP contribution in [0.1, 0.15) is 5.56 Å². The minimum atomic E-state index is -0.625. The Bertz CT molecular complexity index is 465. The lowest BCUT2D eigenvalue weighted by atomic mass is 10.2. The summed E-state index contributed by atoms with van der Waals surface area (Å²) in [6.45, 7) is 3.22. The summed E-state index contributed by atoms with van der Waals surface area (Å²) in [4.78, 5) is 11.1. The topological polar surface area (TPSA) is 52.9 Å². The third kappa shape index (κ3) is 2.79. The van der Waals surface area contributed by atoms with Gasteiger partial charge in [-0.2, -0.15) is 5.26 Å². The molecule has 0 saturated carbocycles. The molecule has 15 heavy (non-hydrogen) atoms. The van der Waals surface area contributed by atoms with Gasteiger partial charge in [-0.25, -0.2) is 4.39 Å².